The van der Waals surface area contributed by atoms with E-state index >= 15 is 0 Å². The van der Waals surface area contributed by atoms with Crippen LogP contribution < -0.4 is 0 Å². The molecule has 89 heavy (non-hydrogen) atoms. The van der Waals surface area contributed by atoms with Crippen LogP contribution in [0.25, 0.3) is 0 Å². The molecule has 0 aromatic heterocycles. The first-order valence-electron chi connectivity index (χ1n) is 36.4. The third kappa shape index (κ3) is 62.0. The van der Waals surface area contributed by atoms with Gasteiger partial charge in [-0.1, -0.05) is 299 Å². The second kappa shape index (κ2) is 61.0. The molecule has 0 heterocycles. The molecule has 0 saturated carbocycles. The van der Waals surface area contributed by atoms with Crippen LogP contribution in [0, 0.1) is 17.8 Å². The predicted octanol–water partition coefficient (Wildman–Crippen LogP) is 19.8. The van der Waals surface area contributed by atoms with Crippen molar-refractivity contribution >= 4 is 39.5 Å². The number of hydrogen-bond acceptors (Lipinski definition) is 15. The molecular formula is C70H136O17P2. The number of phosphoric ester groups is 2. The van der Waals surface area contributed by atoms with Gasteiger partial charge in [0, 0.05) is 25.7 Å². The van der Waals surface area contributed by atoms with E-state index in [4.69, 9.17) is 37.0 Å². The Bertz CT molecular complexity index is 1750. The summed E-state index contributed by atoms with van der Waals surface area (Å²) in [7, 11) is -9.90. The predicted molar refractivity (Wildman–Crippen MR) is 358 cm³/mol. The molecule has 17 nitrogen and oxygen atoms in total. The summed E-state index contributed by atoms with van der Waals surface area (Å²) in [5.41, 5.74) is 0. The van der Waals surface area contributed by atoms with Crippen molar-refractivity contribution < 1.29 is 80.2 Å². The summed E-state index contributed by atoms with van der Waals surface area (Å²) in [5, 5.41) is 10.6. The highest BCUT2D eigenvalue weighted by Crippen LogP contribution is 2.45. The highest BCUT2D eigenvalue weighted by atomic mass is 31.2. The highest BCUT2D eigenvalue weighted by Gasteiger charge is 2.30. The normalized spacial score (nSPS) is 14.8. The summed E-state index contributed by atoms with van der Waals surface area (Å²) >= 11 is 0. The lowest BCUT2D eigenvalue weighted by Crippen LogP contribution is -2.30. The lowest BCUT2D eigenvalue weighted by molar-refractivity contribution is -0.161. The number of hydrogen-bond donors (Lipinski definition) is 3. The quantitative estimate of drug-likeness (QED) is 0.0222. The Labute approximate surface area is 543 Å². The molecule has 0 radical (unpaired) electrons. The average molecular weight is 1310 g/mol. The van der Waals surface area contributed by atoms with E-state index in [2.05, 4.69) is 48.5 Å². The van der Waals surface area contributed by atoms with Gasteiger partial charge in [-0.25, -0.2) is 9.13 Å². The Morgan fingerprint density at radius 1 is 0.326 bits per heavy atom. The smallest absolute Gasteiger partial charge is 0.462 e. The van der Waals surface area contributed by atoms with Gasteiger partial charge >= 0.3 is 39.5 Å². The summed E-state index contributed by atoms with van der Waals surface area (Å²) in [6.07, 6.45) is 44.5. The molecule has 3 N–H and O–H groups in total. The number of carbonyl (C=O) groups excluding carboxylic acids is 4. The summed E-state index contributed by atoms with van der Waals surface area (Å²) in [6.45, 7) is 11.8. The van der Waals surface area contributed by atoms with Crippen LogP contribution in [0.2, 0.25) is 0 Å². The maximum absolute atomic E-state index is 13.0. The molecule has 0 bridgehead atoms. The molecule has 0 saturated heterocycles. The monoisotopic (exact) mass is 1310 g/mol. The molecule has 0 aromatic rings. The average Bonchev–Trinajstić information content (AvgIpc) is 3.69. The van der Waals surface area contributed by atoms with E-state index in [1.165, 1.54) is 154 Å². The molecule has 7 atom stereocenters. The van der Waals surface area contributed by atoms with E-state index in [9.17, 15) is 43.2 Å². The lowest BCUT2D eigenvalue weighted by Gasteiger charge is -2.21. The fraction of sp³-hybridized carbons (Fsp3) is 0.943. The molecule has 4 unspecified atom stereocenters. The van der Waals surface area contributed by atoms with Gasteiger partial charge in [0.1, 0.15) is 19.3 Å². The van der Waals surface area contributed by atoms with Gasteiger partial charge in [0.05, 0.1) is 26.4 Å². The van der Waals surface area contributed by atoms with Gasteiger partial charge in [0.15, 0.2) is 12.2 Å². The molecule has 0 amide bonds. The van der Waals surface area contributed by atoms with Crippen molar-refractivity contribution in [1.82, 2.24) is 0 Å². The number of phosphoric acid groups is 2. The van der Waals surface area contributed by atoms with Gasteiger partial charge in [-0.15, -0.1) is 0 Å². The lowest BCUT2D eigenvalue weighted by atomic mass is 9.99. The zero-order valence-electron chi connectivity index (χ0n) is 57.9. The molecule has 528 valence electrons. The Kier molecular flexibility index (Phi) is 59.6. The van der Waals surface area contributed by atoms with Crippen LogP contribution in [0.15, 0.2) is 0 Å². The Hall–Kier alpha value is -1.94. The summed E-state index contributed by atoms with van der Waals surface area (Å²) in [4.78, 5) is 72.4. The number of carbonyl (C=O) groups is 4. The van der Waals surface area contributed by atoms with Crippen LogP contribution in [-0.2, 0) is 65.4 Å². The SMILES string of the molecule is CCCCCCCCCCC(=O)OC[C@H](COP(=O)(O)OC[C@H](O)COP(=O)(O)OC[C@@H](COC(=O)CCCCCCCCCCCCC(C)CC)OC(=O)CCCCCCCCCCCCCCCCC(C)CC)OC(=O)CCCCCCCCC(C)C. The van der Waals surface area contributed by atoms with E-state index in [1.807, 2.05) is 0 Å². The van der Waals surface area contributed by atoms with E-state index in [-0.39, 0.29) is 25.7 Å². The zero-order valence-corrected chi connectivity index (χ0v) is 59.7. The van der Waals surface area contributed by atoms with Crippen molar-refractivity contribution in [3.63, 3.8) is 0 Å². The largest absolute Gasteiger partial charge is 0.472 e. The molecule has 0 fully saturated rings. The molecule has 0 aliphatic rings. The van der Waals surface area contributed by atoms with Gasteiger partial charge in [-0.3, -0.25) is 37.3 Å². The Balaban J connectivity index is 5.21. The van der Waals surface area contributed by atoms with Crippen LogP contribution in [0.1, 0.15) is 350 Å². The third-order valence-electron chi connectivity index (χ3n) is 16.9. The minimum atomic E-state index is -4.95. The number of aliphatic hydroxyl groups is 1. The number of esters is 4. The number of rotatable bonds is 68. The maximum Gasteiger partial charge on any atom is 0.472 e. The minimum Gasteiger partial charge on any atom is -0.462 e. The van der Waals surface area contributed by atoms with Crippen LogP contribution in [0.5, 0.6) is 0 Å². The molecule has 0 spiro atoms. The molecular weight excluding hydrogens is 1170 g/mol. The Morgan fingerprint density at radius 2 is 0.573 bits per heavy atom. The van der Waals surface area contributed by atoms with Crippen LogP contribution in [-0.4, -0.2) is 96.7 Å². The van der Waals surface area contributed by atoms with E-state index in [1.54, 1.807) is 0 Å². The van der Waals surface area contributed by atoms with Gasteiger partial charge in [0.25, 0.3) is 0 Å². The van der Waals surface area contributed by atoms with Crippen LogP contribution in [0.3, 0.4) is 0 Å². The topological polar surface area (TPSA) is 237 Å². The Morgan fingerprint density at radius 3 is 0.854 bits per heavy atom. The summed E-state index contributed by atoms with van der Waals surface area (Å²) < 4.78 is 68.2. The summed E-state index contributed by atoms with van der Waals surface area (Å²) in [5.74, 6) is 0.192. The van der Waals surface area contributed by atoms with Crippen molar-refractivity contribution in [2.45, 2.75) is 369 Å². The van der Waals surface area contributed by atoms with E-state index in [0.29, 0.717) is 31.6 Å². The van der Waals surface area contributed by atoms with Gasteiger partial charge in [-0.2, -0.15) is 0 Å². The molecule has 0 rings (SSSR count). The van der Waals surface area contributed by atoms with Crippen molar-refractivity contribution in [2.75, 3.05) is 39.6 Å². The first-order valence-corrected chi connectivity index (χ1v) is 39.4. The first-order chi connectivity index (χ1) is 42.8. The summed E-state index contributed by atoms with van der Waals surface area (Å²) in [6, 6.07) is 0. The van der Waals surface area contributed by atoms with E-state index in [0.717, 1.165) is 108 Å². The van der Waals surface area contributed by atoms with E-state index < -0.39 is 97.5 Å². The standard InChI is InChI=1S/C70H136O17P2/c1-8-11-12-13-14-29-37-44-51-67(72)80-58-66(87-70(75)54-47-40-33-32-34-41-48-61(4)5)60-85-89(78,79)83-56-64(71)55-82-88(76,77)84-59-65(57-81-68(73)52-45-38-30-25-22-21-24-28-36-43-50-63(7)10-3)86-69(74)53-46-39-31-26-20-18-16-15-17-19-23-27-35-42-49-62(6)9-2/h61-66,71H,8-60H2,1-7H3,(H,76,77)(H,78,79)/t62?,63?,64-,65-,66-/m1/s1. The first kappa shape index (κ1) is 87.1. The highest BCUT2D eigenvalue weighted by molar-refractivity contribution is 7.47. The van der Waals surface area contributed by atoms with Crippen molar-refractivity contribution in [2.24, 2.45) is 17.8 Å². The fourth-order valence-electron chi connectivity index (χ4n) is 10.5. The fourth-order valence-corrected chi connectivity index (χ4v) is 12.1. The van der Waals surface area contributed by atoms with Gasteiger partial charge < -0.3 is 33.8 Å². The molecule has 19 heteroatoms. The van der Waals surface area contributed by atoms with Crippen molar-refractivity contribution in [1.29, 1.82) is 0 Å². The second-order valence-electron chi connectivity index (χ2n) is 26.2. The van der Waals surface area contributed by atoms with Gasteiger partial charge in [0.2, 0.25) is 0 Å². The third-order valence-corrected chi connectivity index (χ3v) is 18.8. The van der Waals surface area contributed by atoms with Crippen molar-refractivity contribution in [3.05, 3.63) is 0 Å². The van der Waals surface area contributed by atoms with Gasteiger partial charge in [-0.05, 0) is 43.4 Å². The van der Waals surface area contributed by atoms with Crippen molar-refractivity contribution in [3.8, 4) is 0 Å². The van der Waals surface area contributed by atoms with Crippen LogP contribution >= 0.6 is 15.6 Å². The number of aliphatic hydroxyl groups excluding tert-OH is 1. The maximum atomic E-state index is 13.0. The minimum absolute atomic E-state index is 0.102. The molecule has 0 aliphatic carbocycles. The molecule has 0 aliphatic heterocycles. The van der Waals surface area contributed by atoms with Crippen LogP contribution in [0.4, 0.5) is 0 Å². The second-order valence-corrected chi connectivity index (χ2v) is 29.1. The molecule has 0 aromatic carbocycles. The number of unbranched alkanes of at least 4 members (excludes halogenated alkanes) is 34. The number of ether oxygens (including phenoxy) is 4. The zero-order chi connectivity index (χ0) is 65.9.